The van der Waals surface area contributed by atoms with Crippen LogP contribution in [0.4, 0.5) is 5.69 Å². The van der Waals surface area contributed by atoms with E-state index in [0.717, 1.165) is 67.5 Å². The van der Waals surface area contributed by atoms with E-state index in [2.05, 4.69) is 41.4 Å². The number of rotatable bonds is 14. The number of nitrogens with one attached hydrogen (secondary N) is 1. The Morgan fingerprint density at radius 1 is 1.00 bits per heavy atom. The number of β-amino-alcohol motifs (C(OH)–C–C–N with tert-alkyl or cyclic N) is 1. The third kappa shape index (κ3) is 8.38. The molecular weight excluding hydrogens is 532 g/mol. The van der Waals surface area contributed by atoms with Gasteiger partial charge in [-0.15, -0.1) is 0 Å². The van der Waals surface area contributed by atoms with Crippen LogP contribution in [0.5, 0.6) is 11.5 Å². The first-order valence-electron chi connectivity index (χ1n) is 15.9. The van der Waals surface area contributed by atoms with E-state index in [1.54, 1.807) is 7.11 Å². The molecule has 232 valence electrons. The Bertz CT molecular complexity index is 1090. The molecule has 8 heteroatoms. The molecule has 0 amide bonds. The van der Waals surface area contributed by atoms with E-state index in [0.29, 0.717) is 32.9 Å². The zero-order valence-electron chi connectivity index (χ0n) is 25.5. The minimum absolute atomic E-state index is 0.0486. The molecule has 2 heterocycles. The van der Waals surface area contributed by atoms with Crippen molar-refractivity contribution in [3.63, 3.8) is 0 Å². The second-order valence-electron chi connectivity index (χ2n) is 12.2. The fourth-order valence-corrected chi connectivity index (χ4v) is 6.52. The number of piperidine rings is 1. The van der Waals surface area contributed by atoms with Crippen LogP contribution in [-0.4, -0.2) is 82.6 Å². The average Bonchev–Trinajstić information content (AvgIpc) is 3.01. The van der Waals surface area contributed by atoms with Gasteiger partial charge in [0, 0.05) is 45.7 Å². The maximum absolute atomic E-state index is 11.0. The first kappa shape index (κ1) is 31.1. The largest absolute Gasteiger partial charge is 0.494 e. The maximum atomic E-state index is 11.0. The van der Waals surface area contributed by atoms with Gasteiger partial charge in [-0.2, -0.15) is 0 Å². The molecule has 3 aliphatic rings. The normalized spacial score (nSPS) is 23.7. The lowest BCUT2D eigenvalue weighted by Crippen LogP contribution is -2.49. The van der Waals surface area contributed by atoms with Crippen LogP contribution < -0.4 is 19.7 Å². The Morgan fingerprint density at radius 3 is 2.64 bits per heavy atom. The fraction of sp³-hybridized carbons (Fsp3) is 0.647. The lowest BCUT2D eigenvalue weighted by molar-refractivity contribution is -0.0591. The standard InChI is InChI=1S/C34H50N2O6/c1-34(14-4-3-5-15-34)42-20-7-19-39-28-11-9-27(10-12-28)33-30(37)23-35-24-32(33)41-25-26-8-13-31-29(22-26)36(17-21-40-31)16-6-18-38-2/h8-13,22,30,32-33,35,37H,3-7,14-21,23-25H2,1-2H3. The van der Waals surface area contributed by atoms with Gasteiger partial charge in [0.25, 0.3) is 0 Å². The molecule has 0 aromatic heterocycles. The van der Waals surface area contributed by atoms with Gasteiger partial charge in [0.1, 0.15) is 18.1 Å². The van der Waals surface area contributed by atoms with Gasteiger partial charge < -0.3 is 39.0 Å². The quantitative estimate of drug-likeness (QED) is 0.299. The summed E-state index contributed by atoms with van der Waals surface area (Å²) in [5, 5.41) is 14.3. The Morgan fingerprint density at radius 2 is 1.83 bits per heavy atom. The summed E-state index contributed by atoms with van der Waals surface area (Å²) in [6.45, 7) is 8.57. The van der Waals surface area contributed by atoms with E-state index in [1.807, 2.05) is 18.2 Å². The van der Waals surface area contributed by atoms with Crippen molar-refractivity contribution in [3.8, 4) is 11.5 Å². The number of benzene rings is 2. The van der Waals surface area contributed by atoms with Gasteiger partial charge in [-0.3, -0.25) is 0 Å². The number of aliphatic hydroxyl groups excluding tert-OH is 1. The molecule has 8 nitrogen and oxygen atoms in total. The van der Waals surface area contributed by atoms with E-state index in [4.69, 9.17) is 23.7 Å². The number of ether oxygens (including phenoxy) is 5. The second kappa shape index (κ2) is 15.4. The Kier molecular flexibility index (Phi) is 11.4. The van der Waals surface area contributed by atoms with Crippen LogP contribution in [0, 0.1) is 0 Å². The summed E-state index contributed by atoms with van der Waals surface area (Å²) in [6.07, 6.45) is 7.38. The van der Waals surface area contributed by atoms with Crippen molar-refractivity contribution in [3.05, 3.63) is 53.6 Å². The molecule has 2 aliphatic heterocycles. The smallest absolute Gasteiger partial charge is 0.142 e. The van der Waals surface area contributed by atoms with E-state index in [9.17, 15) is 5.11 Å². The van der Waals surface area contributed by atoms with Crippen LogP contribution in [0.3, 0.4) is 0 Å². The highest BCUT2D eigenvalue weighted by atomic mass is 16.5. The van der Waals surface area contributed by atoms with Gasteiger partial charge in [0.15, 0.2) is 0 Å². The molecule has 3 atom stereocenters. The summed E-state index contributed by atoms with van der Waals surface area (Å²) in [6, 6.07) is 14.4. The summed E-state index contributed by atoms with van der Waals surface area (Å²) in [5.74, 6) is 1.65. The van der Waals surface area contributed by atoms with Gasteiger partial charge in [0.05, 0.1) is 49.9 Å². The third-order valence-electron chi connectivity index (χ3n) is 8.92. The molecule has 0 radical (unpaired) electrons. The number of hydrogen-bond acceptors (Lipinski definition) is 8. The van der Waals surface area contributed by atoms with Crippen LogP contribution in [0.25, 0.3) is 0 Å². The van der Waals surface area contributed by atoms with Gasteiger partial charge in [-0.25, -0.2) is 0 Å². The van der Waals surface area contributed by atoms with Crippen molar-refractivity contribution in [2.75, 3.05) is 64.6 Å². The monoisotopic (exact) mass is 582 g/mol. The van der Waals surface area contributed by atoms with Crippen molar-refractivity contribution in [2.45, 2.75) is 82.2 Å². The molecule has 2 fully saturated rings. The van der Waals surface area contributed by atoms with Crippen molar-refractivity contribution in [1.29, 1.82) is 0 Å². The Hall–Kier alpha value is -2.36. The van der Waals surface area contributed by atoms with Gasteiger partial charge >= 0.3 is 0 Å². The average molecular weight is 583 g/mol. The molecule has 42 heavy (non-hydrogen) atoms. The summed E-state index contributed by atoms with van der Waals surface area (Å²) < 4.78 is 29.8. The molecule has 5 rings (SSSR count). The van der Waals surface area contributed by atoms with Crippen molar-refractivity contribution < 1.29 is 28.8 Å². The summed E-state index contributed by atoms with van der Waals surface area (Å²) >= 11 is 0. The first-order valence-corrected chi connectivity index (χ1v) is 15.9. The highest BCUT2D eigenvalue weighted by Crippen LogP contribution is 2.35. The first-order chi connectivity index (χ1) is 20.5. The summed E-state index contributed by atoms with van der Waals surface area (Å²) in [7, 11) is 1.74. The zero-order chi connectivity index (χ0) is 29.2. The highest BCUT2D eigenvalue weighted by molar-refractivity contribution is 5.61. The van der Waals surface area contributed by atoms with Gasteiger partial charge in [-0.1, -0.05) is 37.5 Å². The summed E-state index contributed by atoms with van der Waals surface area (Å²) in [5.41, 5.74) is 3.33. The van der Waals surface area contributed by atoms with Crippen LogP contribution in [0.15, 0.2) is 42.5 Å². The highest BCUT2D eigenvalue weighted by Gasteiger charge is 2.34. The van der Waals surface area contributed by atoms with Crippen molar-refractivity contribution in [1.82, 2.24) is 5.32 Å². The minimum Gasteiger partial charge on any atom is -0.494 e. The molecule has 3 unspecified atom stereocenters. The zero-order valence-corrected chi connectivity index (χ0v) is 25.5. The van der Waals surface area contributed by atoms with Crippen molar-refractivity contribution in [2.24, 2.45) is 0 Å². The molecule has 2 aromatic carbocycles. The van der Waals surface area contributed by atoms with Gasteiger partial charge in [0.2, 0.25) is 0 Å². The van der Waals surface area contributed by atoms with Gasteiger partial charge in [-0.05, 0) is 61.6 Å². The van der Waals surface area contributed by atoms with E-state index >= 15 is 0 Å². The molecule has 1 saturated heterocycles. The van der Waals surface area contributed by atoms with Crippen LogP contribution in [-0.2, 0) is 20.8 Å². The Labute approximate surface area is 251 Å². The lowest BCUT2D eigenvalue weighted by Gasteiger charge is -2.36. The minimum atomic E-state index is -0.526. The molecule has 1 aliphatic carbocycles. The Balaban J connectivity index is 1.13. The van der Waals surface area contributed by atoms with Crippen LogP contribution in [0.2, 0.25) is 0 Å². The number of fused-ring (bicyclic) bond motifs is 1. The second-order valence-corrected chi connectivity index (χ2v) is 12.2. The number of aliphatic hydroxyl groups is 1. The predicted octanol–water partition coefficient (Wildman–Crippen LogP) is 5.06. The van der Waals surface area contributed by atoms with E-state index < -0.39 is 6.10 Å². The maximum Gasteiger partial charge on any atom is 0.142 e. The van der Waals surface area contributed by atoms with Crippen LogP contribution >= 0.6 is 0 Å². The molecule has 1 saturated carbocycles. The summed E-state index contributed by atoms with van der Waals surface area (Å²) in [4.78, 5) is 2.36. The molecule has 2 aromatic rings. The van der Waals surface area contributed by atoms with Crippen LogP contribution in [0.1, 0.15) is 68.9 Å². The molecule has 0 spiro atoms. The lowest BCUT2D eigenvalue weighted by atomic mass is 9.85. The van der Waals surface area contributed by atoms with E-state index in [1.165, 1.54) is 32.1 Å². The predicted molar refractivity (Wildman–Crippen MR) is 165 cm³/mol. The van der Waals surface area contributed by atoms with Crippen molar-refractivity contribution >= 4 is 5.69 Å². The van der Waals surface area contributed by atoms with E-state index in [-0.39, 0.29) is 17.6 Å². The SMILES string of the molecule is COCCCN1CCOc2ccc(COC3CNCC(O)C3c3ccc(OCCCOC4(C)CCCCC4)cc3)cc21. The number of anilines is 1. The number of nitrogens with zero attached hydrogens (tertiary/aromatic N) is 1. The topological polar surface area (TPSA) is 81.7 Å². The number of hydrogen-bond donors (Lipinski definition) is 2. The number of methoxy groups -OCH3 is 1. The fourth-order valence-electron chi connectivity index (χ4n) is 6.52. The third-order valence-corrected chi connectivity index (χ3v) is 8.92. The molecular formula is C34H50N2O6. The molecule has 2 N–H and O–H groups in total. The molecule has 0 bridgehead atoms.